The van der Waals surface area contributed by atoms with Crippen LogP contribution in [0.2, 0.25) is 0 Å². The van der Waals surface area contributed by atoms with Gasteiger partial charge in [-0.25, -0.2) is 0 Å². The Balaban J connectivity index is 1.93. The Morgan fingerprint density at radius 2 is 2.21 bits per heavy atom. The molecule has 5 heteroatoms. The van der Waals surface area contributed by atoms with Crippen LogP contribution in [0, 0.1) is 18.8 Å². The number of nitrogens with one attached hydrogen (secondary N) is 2. The van der Waals surface area contributed by atoms with Gasteiger partial charge in [-0.2, -0.15) is 0 Å². The summed E-state index contributed by atoms with van der Waals surface area (Å²) in [6, 6.07) is 6.35. The van der Waals surface area contributed by atoms with Gasteiger partial charge in [-0.15, -0.1) is 0 Å². The molecule has 1 aliphatic heterocycles. The smallest absolute Gasteiger partial charge is 0.191 e. The second kappa shape index (κ2) is 9.52. The van der Waals surface area contributed by atoms with Crippen molar-refractivity contribution in [3.05, 3.63) is 29.3 Å². The van der Waals surface area contributed by atoms with Gasteiger partial charge in [0.05, 0.1) is 13.2 Å². The predicted octanol–water partition coefficient (Wildman–Crippen LogP) is 2.73. The number of hydrogen-bond donors (Lipinski definition) is 2. The number of aryl methyl sites for hydroxylation is 1. The summed E-state index contributed by atoms with van der Waals surface area (Å²) in [6.07, 6.45) is 1.09. The summed E-state index contributed by atoms with van der Waals surface area (Å²) in [6.45, 7) is 10.4. The fourth-order valence-corrected chi connectivity index (χ4v) is 2.56. The van der Waals surface area contributed by atoms with E-state index in [1.165, 1.54) is 5.56 Å². The van der Waals surface area contributed by atoms with Crippen molar-refractivity contribution in [1.82, 2.24) is 10.6 Å². The highest BCUT2D eigenvalue weighted by atomic mass is 16.5. The molecule has 1 saturated heterocycles. The zero-order chi connectivity index (χ0) is 17.4. The van der Waals surface area contributed by atoms with Crippen molar-refractivity contribution in [3.8, 4) is 5.75 Å². The first-order chi connectivity index (χ1) is 11.6. The maximum Gasteiger partial charge on any atom is 0.191 e. The van der Waals surface area contributed by atoms with Gasteiger partial charge in [-0.1, -0.05) is 26.0 Å². The van der Waals surface area contributed by atoms with Crippen LogP contribution in [-0.2, 0) is 11.3 Å². The summed E-state index contributed by atoms with van der Waals surface area (Å²) in [5, 5.41) is 6.69. The van der Waals surface area contributed by atoms with Crippen LogP contribution in [0.3, 0.4) is 0 Å². The van der Waals surface area contributed by atoms with Gasteiger partial charge in [0.2, 0.25) is 0 Å². The summed E-state index contributed by atoms with van der Waals surface area (Å²) >= 11 is 0. The highest BCUT2D eigenvalue weighted by molar-refractivity contribution is 5.79. The van der Waals surface area contributed by atoms with Crippen LogP contribution in [0.4, 0.5) is 0 Å². The molecule has 1 fully saturated rings. The molecular formula is C19H31N3O2. The number of rotatable bonds is 7. The van der Waals surface area contributed by atoms with Crippen molar-refractivity contribution >= 4 is 5.96 Å². The van der Waals surface area contributed by atoms with Crippen LogP contribution in [0.15, 0.2) is 23.2 Å². The Bertz CT molecular complexity index is 537. The monoisotopic (exact) mass is 333 g/mol. The van der Waals surface area contributed by atoms with Gasteiger partial charge in [0.1, 0.15) is 5.75 Å². The van der Waals surface area contributed by atoms with Crippen LogP contribution >= 0.6 is 0 Å². The summed E-state index contributed by atoms with van der Waals surface area (Å²) in [5.41, 5.74) is 2.35. The molecule has 1 aromatic rings. The van der Waals surface area contributed by atoms with Crippen LogP contribution in [0.25, 0.3) is 0 Å². The molecule has 24 heavy (non-hydrogen) atoms. The van der Waals surface area contributed by atoms with Crippen LogP contribution < -0.4 is 15.4 Å². The maximum absolute atomic E-state index is 6.09. The van der Waals surface area contributed by atoms with Gasteiger partial charge < -0.3 is 20.1 Å². The van der Waals surface area contributed by atoms with Gasteiger partial charge in [-0.05, 0) is 30.9 Å². The fourth-order valence-electron chi connectivity index (χ4n) is 2.56. The van der Waals surface area contributed by atoms with Gasteiger partial charge in [0.25, 0.3) is 0 Å². The first-order valence-corrected chi connectivity index (χ1v) is 8.83. The van der Waals surface area contributed by atoms with Crippen LogP contribution in [-0.4, -0.2) is 39.4 Å². The minimum atomic E-state index is 0.506. The van der Waals surface area contributed by atoms with E-state index in [2.05, 4.69) is 54.6 Å². The first kappa shape index (κ1) is 18.6. The second-order valence-electron chi connectivity index (χ2n) is 6.85. The third-order valence-corrected chi connectivity index (χ3v) is 4.07. The fraction of sp³-hybridized carbons (Fsp3) is 0.632. The van der Waals surface area contributed by atoms with Crippen molar-refractivity contribution in [3.63, 3.8) is 0 Å². The molecule has 2 rings (SSSR count). The van der Waals surface area contributed by atoms with Gasteiger partial charge >= 0.3 is 0 Å². The van der Waals surface area contributed by atoms with E-state index in [1.807, 2.05) is 0 Å². The molecule has 0 aliphatic carbocycles. The van der Waals surface area contributed by atoms with E-state index in [-0.39, 0.29) is 0 Å². The van der Waals surface area contributed by atoms with E-state index in [4.69, 9.17) is 9.47 Å². The molecular weight excluding hydrogens is 302 g/mol. The Kier molecular flexibility index (Phi) is 7.37. The van der Waals surface area contributed by atoms with Crippen molar-refractivity contribution in [2.75, 3.05) is 33.4 Å². The lowest BCUT2D eigenvalue weighted by Gasteiger charge is -2.17. The quantitative estimate of drug-likeness (QED) is 0.595. The molecule has 1 unspecified atom stereocenters. The van der Waals surface area contributed by atoms with Crippen LogP contribution in [0.5, 0.6) is 5.75 Å². The average Bonchev–Trinajstić information content (AvgIpc) is 3.07. The van der Waals surface area contributed by atoms with E-state index in [9.17, 15) is 0 Å². The minimum absolute atomic E-state index is 0.506. The van der Waals surface area contributed by atoms with E-state index in [0.29, 0.717) is 18.4 Å². The predicted molar refractivity (Wildman–Crippen MR) is 98.6 cm³/mol. The van der Waals surface area contributed by atoms with Crippen molar-refractivity contribution in [1.29, 1.82) is 0 Å². The van der Waals surface area contributed by atoms with Gasteiger partial charge in [0.15, 0.2) is 5.96 Å². The van der Waals surface area contributed by atoms with Gasteiger partial charge in [0, 0.05) is 38.2 Å². The van der Waals surface area contributed by atoms with Gasteiger partial charge in [-0.3, -0.25) is 4.99 Å². The molecule has 2 N–H and O–H groups in total. The standard InChI is InChI=1S/C19H31N3O2/c1-14(2)10-21-19(20-4)22-11-17-6-5-15(3)9-18(17)24-13-16-7-8-23-12-16/h5-6,9,14,16H,7-8,10-13H2,1-4H3,(H2,20,21,22). The number of ether oxygens (including phenoxy) is 2. The SMILES string of the molecule is CN=C(NCc1ccc(C)cc1OCC1CCOC1)NCC(C)C. The summed E-state index contributed by atoms with van der Waals surface area (Å²) in [7, 11) is 1.79. The zero-order valence-corrected chi connectivity index (χ0v) is 15.4. The Hall–Kier alpha value is -1.75. The molecule has 1 aliphatic rings. The Morgan fingerprint density at radius 1 is 1.38 bits per heavy atom. The normalized spacial score (nSPS) is 18.0. The minimum Gasteiger partial charge on any atom is -0.493 e. The molecule has 1 atom stereocenters. The molecule has 0 radical (unpaired) electrons. The third-order valence-electron chi connectivity index (χ3n) is 4.07. The molecule has 0 bridgehead atoms. The Morgan fingerprint density at radius 3 is 2.88 bits per heavy atom. The second-order valence-corrected chi connectivity index (χ2v) is 6.85. The molecule has 134 valence electrons. The topological polar surface area (TPSA) is 54.9 Å². The molecule has 0 spiro atoms. The number of nitrogens with zero attached hydrogens (tertiary/aromatic N) is 1. The third kappa shape index (κ3) is 6.04. The Labute approximate surface area is 145 Å². The average molecular weight is 333 g/mol. The maximum atomic E-state index is 6.09. The number of guanidine groups is 1. The van der Waals surface area contributed by atoms with Crippen molar-refractivity contribution in [2.45, 2.75) is 33.7 Å². The number of benzene rings is 1. The highest BCUT2D eigenvalue weighted by Gasteiger charge is 2.17. The van der Waals surface area contributed by atoms with Crippen molar-refractivity contribution < 1.29 is 9.47 Å². The lowest BCUT2D eigenvalue weighted by Crippen LogP contribution is -2.38. The van der Waals surface area contributed by atoms with Crippen LogP contribution in [0.1, 0.15) is 31.4 Å². The summed E-state index contributed by atoms with van der Waals surface area (Å²) in [4.78, 5) is 4.27. The zero-order valence-electron chi connectivity index (χ0n) is 15.4. The largest absolute Gasteiger partial charge is 0.493 e. The van der Waals surface area contributed by atoms with Crippen molar-refractivity contribution in [2.24, 2.45) is 16.8 Å². The van der Waals surface area contributed by atoms with E-state index in [0.717, 1.165) is 50.1 Å². The molecule has 5 nitrogen and oxygen atoms in total. The molecule has 1 heterocycles. The molecule has 1 aromatic carbocycles. The molecule has 0 aromatic heterocycles. The van der Waals surface area contributed by atoms with E-state index < -0.39 is 0 Å². The van der Waals surface area contributed by atoms with E-state index in [1.54, 1.807) is 7.05 Å². The highest BCUT2D eigenvalue weighted by Crippen LogP contribution is 2.22. The molecule has 0 amide bonds. The lowest BCUT2D eigenvalue weighted by molar-refractivity contribution is 0.166. The summed E-state index contributed by atoms with van der Waals surface area (Å²) in [5.74, 6) is 2.86. The number of hydrogen-bond acceptors (Lipinski definition) is 3. The number of aliphatic imine (C=N–C) groups is 1. The lowest BCUT2D eigenvalue weighted by atomic mass is 10.1. The summed E-state index contributed by atoms with van der Waals surface area (Å²) < 4.78 is 11.5. The molecule has 0 saturated carbocycles. The first-order valence-electron chi connectivity index (χ1n) is 8.83. The van der Waals surface area contributed by atoms with E-state index >= 15 is 0 Å².